The second-order valence-corrected chi connectivity index (χ2v) is 7.95. The number of hydrogen-bond donors (Lipinski definition) is 1. The zero-order chi connectivity index (χ0) is 19.8. The first-order valence-electron chi connectivity index (χ1n) is 10.2. The van der Waals surface area contributed by atoms with Gasteiger partial charge in [0, 0.05) is 45.0 Å². The SMILES string of the molecule is Cc1nc2cccc(N3C[C@@H]4C(CCNC(=O)/C=C/c5cccnc5)[C@@H]4C3)c2o1. The van der Waals surface area contributed by atoms with Gasteiger partial charge in [-0.2, -0.15) is 0 Å². The number of oxazole rings is 1. The summed E-state index contributed by atoms with van der Waals surface area (Å²) in [5.41, 5.74) is 3.91. The van der Waals surface area contributed by atoms with Crippen LogP contribution >= 0.6 is 0 Å². The lowest BCUT2D eigenvalue weighted by atomic mass is 10.1. The maximum atomic E-state index is 12.0. The third-order valence-corrected chi connectivity index (χ3v) is 6.10. The molecule has 1 aliphatic carbocycles. The van der Waals surface area contributed by atoms with Gasteiger partial charge in [0.15, 0.2) is 11.5 Å². The standard InChI is InChI=1S/C23H24N4O2/c1-15-26-20-5-2-6-21(23(20)29-15)27-13-18-17(19(18)14-27)9-11-25-22(28)8-7-16-4-3-10-24-12-16/h2-8,10,12,17-19H,9,11,13-14H2,1H3,(H,25,28)/b8-7+/t17?,18-,19+. The number of carbonyl (C=O) groups is 1. The molecular weight excluding hydrogens is 364 g/mol. The molecule has 1 aliphatic heterocycles. The summed E-state index contributed by atoms with van der Waals surface area (Å²) < 4.78 is 5.82. The number of pyridine rings is 1. The predicted molar refractivity (Wildman–Crippen MR) is 112 cm³/mol. The highest BCUT2D eigenvalue weighted by molar-refractivity contribution is 5.91. The molecule has 29 heavy (non-hydrogen) atoms. The normalized spacial score (nSPS) is 22.9. The van der Waals surface area contributed by atoms with Crippen molar-refractivity contribution in [2.75, 3.05) is 24.5 Å². The van der Waals surface area contributed by atoms with Crippen LogP contribution in [-0.2, 0) is 4.79 Å². The van der Waals surface area contributed by atoms with E-state index in [0.29, 0.717) is 11.8 Å². The molecule has 2 fully saturated rings. The minimum Gasteiger partial charge on any atom is -0.439 e. The molecule has 6 nitrogen and oxygen atoms in total. The quantitative estimate of drug-likeness (QED) is 0.655. The van der Waals surface area contributed by atoms with Crippen LogP contribution in [0.3, 0.4) is 0 Å². The fourth-order valence-electron chi connectivity index (χ4n) is 4.64. The van der Waals surface area contributed by atoms with Crippen LogP contribution in [0, 0.1) is 24.7 Å². The number of fused-ring (bicyclic) bond motifs is 2. The maximum Gasteiger partial charge on any atom is 0.244 e. The lowest BCUT2D eigenvalue weighted by Crippen LogP contribution is -2.26. The predicted octanol–water partition coefficient (Wildman–Crippen LogP) is 3.43. The topological polar surface area (TPSA) is 71.3 Å². The van der Waals surface area contributed by atoms with Crippen LogP contribution in [0.4, 0.5) is 5.69 Å². The molecule has 6 heteroatoms. The van der Waals surface area contributed by atoms with Crippen LogP contribution < -0.4 is 10.2 Å². The van der Waals surface area contributed by atoms with Gasteiger partial charge in [-0.3, -0.25) is 9.78 Å². The van der Waals surface area contributed by atoms with Crippen molar-refractivity contribution in [3.8, 4) is 0 Å². The summed E-state index contributed by atoms with van der Waals surface area (Å²) in [6.45, 7) is 4.73. The van der Waals surface area contributed by atoms with E-state index in [1.54, 1.807) is 24.5 Å². The number of piperidine rings is 1. The summed E-state index contributed by atoms with van der Waals surface area (Å²) >= 11 is 0. The zero-order valence-corrected chi connectivity index (χ0v) is 16.4. The van der Waals surface area contributed by atoms with Gasteiger partial charge in [0.1, 0.15) is 5.52 Å². The summed E-state index contributed by atoms with van der Waals surface area (Å²) in [5.74, 6) is 2.82. The molecule has 1 saturated carbocycles. The largest absolute Gasteiger partial charge is 0.439 e. The summed E-state index contributed by atoms with van der Waals surface area (Å²) in [6, 6.07) is 9.96. The number of anilines is 1. The van der Waals surface area contributed by atoms with Crippen LogP contribution in [-0.4, -0.2) is 35.5 Å². The number of rotatable bonds is 6. The van der Waals surface area contributed by atoms with Gasteiger partial charge in [0.05, 0.1) is 5.69 Å². The van der Waals surface area contributed by atoms with E-state index >= 15 is 0 Å². The molecule has 3 aromatic rings. The van der Waals surface area contributed by atoms with E-state index in [2.05, 4.69) is 32.3 Å². The number of nitrogens with zero attached hydrogens (tertiary/aromatic N) is 3. The van der Waals surface area contributed by atoms with Gasteiger partial charge in [-0.15, -0.1) is 0 Å². The molecule has 148 valence electrons. The summed E-state index contributed by atoms with van der Waals surface area (Å²) in [6.07, 6.45) is 7.87. The Hall–Kier alpha value is -3.15. The van der Waals surface area contributed by atoms with Gasteiger partial charge < -0.3 is 14.6 Å². The average Bonchev–Trinajstić information content (AvgIpc) is 3.07. The van der Waals surface area contributed by atoms with E-state index in [1.807, 2.05) is 25.1 Å². The minimum atomic E-state index is -0.0475. The summed E-state index contributed by atoms with van der Waals surface area (Å²) in [5, 5.41) is 3.00. The van der Waals surface area contributed by atoms with Gasteiger partial charge >= 0.3 is 0 Å². The molecule has 0 radical (unpaired) electrons. The minimum absolute atomic E-state index is 0.0475. The summed E-state index contributed by atoms with van der Waals surface area (Å²) in [4.78, 5) is 22.9. The van der Waals surface area contributed by atoms with Gasteiger partial charge in [0.2, 0.25) is 5.91 Å². The molecule has 1 saturated heterocycles. The Labute approximate surface area is 169 Å². The molecule has 0 spiro atoms. The number of para-hydroxylation sites is 1. The van der Waals surface area contributed by atoms with Crippen molar-refractivity contribution in [2.24, 2.45) is 17.8 Å². The number of hydrogen-bond acceptors (Lipinski definition) is 5. The Morgan fingerprint density at radius 2 is 2.14 bits per heavy atom. The highest BCUT2D eigenvalue weighted by Gasteiger charge is 2.55. The van der Waals surface area contributed by atoms with Crippen molar-refractivity contribution < 1.29 is 9.21 Å². The van der Waals surface area contributed by atoms with Gasteiger partial charge in [0.25, 0.3) is 0 Å². The fourth-order valence-corrected chi connectivity index (χ4v) is 4.64. The fraction of sp³-hybridized carbons (Fsp3) is 0.348. The van der Waals surface area contributed by atoms with Crippen molar-refractivity contribution in [1.29, 1.82) is 0 Å². The highest BCUT2D eigenvalue weighted by atomic mass is 16.3. The van der Waals surface area contributed by atoms with E-state index in [0.717, 1.165) is 60.2 Å². The summed E-state index contributed by atoms with van der Waals surface area (Å²) in [7, 11) is 0. The van der Waals surface area contributed by atoms with E-state index in [-0.39, 0.29) is 5.91 Å². The molecule has 1 aromatic carbocycles. The van der Waals surface area contributed by atoms with Crippen molar-refractivity contribution in [3.63, 3.8) is 0 Å². The van der Waals surface area contributed by atoms with Gasteiger partial charge in [-0.05, 0) is 54.0 Å². The van der Waals surface area contributed by atoms with Crippen molar-refractivity contribution in [2.45, 2.75) is 13.3 Å². The van der Waals surface area contributed by atoms with E-state index in [4.69, 9.17) is 4.42 Å². The number of aromatic nitrogens is 2. The van der Waals surface area contributed by atoms with Gasteiger partial charge in [-0.25, -0.2) is 4.98 Å². The third-order valence-electron chi connectivity index (χ3n) is 6.10. The average molecular weight is 388 g/mol. The van der Waals surface area contributed by atoms with E-state index in [1.165, 1.54) is 0 Å². The molecule has 2 aliphatic rings. The molecular formula is C23H24N4O2. The Kier molecular flexibility index (Phi) is 4.54. The first kappa shape index (κ1) is 17.9. The van der Waals surface area contributed by atoms with Crippen LogP contribution in [0.1, 0.15) is 17.9 Å². The van der Waals surface area contributed by atoms with Crippen molar-refractivity contribution in [3.05, 3.63) is 60.3 Å². The second kappa shape index (κ2) is 7.35. The first-order valence-corrected chi connectivity index (χ1v) is 10.2. The van der Waals surface area contributed by atoms with Crippen molar-refractivity contribution >= 4 is 28.8 Å². The molecule has 3 heterocycles. The Morgan fingerprint density at radius 1 is 1.28 bits per heavy atom. The number of aryl methyl sites for hydroxylation is 1. The number of nitrogens with one attached hydrogen (secondary N) is 1. The van der Waals surface area contributed by atoms with Crippen LogP contribution in [0.2, 0.25) is 0 Å². The molecule has 1 unspecified atom stereocenters. The lowest BCUT2D eigenvalue weighted by Gasteiger charge is -2.22. The smallest absolute Gasteiger partial charge is 0.244 e. The zero-order valence-electron chi connectivity index (χ0n) is 16.4. The Balaban J connectivity index is 1.10. The molecule has 5 rings (SSSR count). The Morgan fingerprint density at radius 3 is 2.93 bits per heavy atom. The number of amides is 1. The highest BCUT2D eigenvalue weighted by Crippen LogP contribution is 2.54. The molecule has 0 bridgehead atoms. The first-order chi connectivity index (χ1) is 14.2. The van der Waals surface area contributed by atoms with E-state index < -0.39 is 0 Å². The van der Waals surface area contributed by atoms with Crippen molar-refractivity contribution in [1.82, 2.24) is 15.3 Å². The number of carbonyl (C=O) groups excluding carboxylic acids is 1. The maximum absolute atomic E-state index is 12.0. The van der Waals surface area contributed by atoms with Gasteiger partial charge in [-0.1, -0.05) is 12.1 Å². The second-order valence-electron chi connectivity index (χ2n) is 7.95. The van der Waals surface area contributed by atoms with Crippen LogP contribution in [0.25, 0.3) is 17.2 Å². The molecule has 1 amide bonds. The monoisotopic (exact) mass is 388 g/mol. The molecule has 1 N–H and O–H groups in total. The Bertz CT molecular complexity index is 1050. The molecule has 3 atom stereocenters. The van der Waals surface area contributed by atoms with Crippen LogP contribution in [0.5, 0.6) is 0 Å². The van der Waals surface area contributed by atoms with E-state index in [9.17, 15) is 4.79 Å². The molecule has 2 aromatic heterocycles. The number of benzene rings is 1. The van der Waals surface area contributed by atoms with Crippen LogP contribution in [0.15, 0.2) is 53.2 Å². The third kappa shape index (κ3) is 3.62. The lowest BCUT2D eigenvalue weighted by molar-refractivity contribution is -0.116.